The summed E-state index contributed by atoms with van der Waals surface area (Å²) in [6.07, 6.45) is 1.09. The maximum Gasteiger partial charge on any atom is 0.387 e. The quantitative estimate of drug-likeness (QED) is 0.895. The summed E-state index contributed by atoms with van der Waals surface area (Å²) in [5, 5.41) is 3.44. The molecule has 0 aliphatic carbocycles. The summed E-state index contributed by atoms with van der Waals surface area (Å²) in [4.78, 5) is 2.26. The van der Waals surface area contributed by atoms with Gasteiger partial charge in [-0.2, -0.15) is 8.78 Å². The molecular formula is C13H18F2N2O. The fraction of sp³-hybridized carbons (Fsp3) is 0.538. The molecule has 1 heterocycles. The van der Waals surface area contributed by atoms with E-state index in [4.69, 9.17) is 0 Å². The van der Waals surface area contributed by atoms with Gasteiger partial charge in [0.1, 0.15) is 5.75 Å². The van der Waals surface area contributed by atoms with Crippen LogP contribution in [0.4, 0.5) is 14.5 Å². The van der Waals surface area contributed by atoms with Gasteiger partial charge < -0.3 is 15.0 Å². The number of hydrogen-bond donors (Lipinski definition) is 1. The van der Waals surface area contributed by atoms with E-state index in [1.54, 1.807) is 12.1 Å². The van der Waals surface area contributed by atoms with Crippen molar-refractivity contribution in [2.75, 3.05) is 24.5 Å². The van der Waals surface area contributed by atoms with Gasteiger partial charge in [-0.15, -0.1) is 0 Å². The van der Waals surface area contributed by atoms with E-state index >= 15 is 0 Å². The molecule has 18 heavy (non-hydrogen) atoms. The molecule has 0 saturated carbocycles. The highest BCUT2D eigenvalue weighted by atomic mass is 19.3. The largest absolute Gasteiger partial charge is 0.435 e. The molecule has 3 nitrogen and oxygen atoms in total. The molecule has 1 fully saturated rings. The van der Waals surface area contributed by atoms with Gasteiger partial charge in [0.15, 0.2) is 0 Å². The predicted octanol–water partition coefficient (Wildman–Crippen LogP) is 2.48. The maximum absolute atomic E-state index is 12.0. The summed E-state index contributed by atoms with van der Waals surface area (Å²) < 4.78 is 28.4. The van der Waals surface area contributed by atoms with Crippen molar-refractivity contribution >= 4 is 5.69 Å². The Kier molecular flexibility index (Phi) is 4.36. The Balaban J connectivity index is 2.00. The number of nitrogens with zero attached hydrogens (tertiary/aromatic N) is 1. The lowest BCUT2D eigenvalue weighted by Crippen LogP contribution is -2.50. The normalized spacial score (nSPS) is 20.2. The molecule has 5 heteroatoms. The molecule has 1 aromatic rings. The zero-order valence-electron chi connectivity index (χ0n) is 10.4. The first-order valence-electron chi connectivity index (χ1n) is 6.22. The van der Waals surface area contributed by atoms with E-state index in [-0.39, 0.29) is 5.75 Å². The Morgan fingerprint density at radius 1 is 1.39 bits per heavy atom. The minimum atomic E-state index is -2.76. The van der Waals surface area contributed by atoms with Gasteiger partial charge in [-0.1, -0.05) is 6.92 Å². The highest BCUT2D eigenvalue weighted by Gasteiger charge is 2.17. The van der Waals surface area contributed by atoms with Crippen LogP contribution in [0.25, 0.3) is 0 Å². The fourth-order valence-corrected chi connectivity index (χ4v) is 2.17. The van der Waals surface area contributed by atoms with Crippen LogP contribution in [0.3, 0.4) is 0 Å². The van der Waals surface area contributed by atoms with Crippen LogP contribution in [-0.2, 0) is 0 Å². The summed E-state index contributed by atoms with van der Waals surface area (Å²) in [7, 11) is 0. The Morgan fingerprint density at radius 3 is 2.72 bits per heavy atom. The third kappa shape index (κ3) is 3.32. The average Bonchev–Trinajstić information content (AvgIpc) is 2.39. The van der Waals surface area contributed by atoms with Crippen LogP contribution in [-0.4, -0.2) is 32.3 Å². The van der Waals surface area contributed by atoms with Gasteiger partial charge in [-0.3, -0.25) is 0 Å². The zero-order chi connectivity index (χ0) is 13.0. The van der Waals surface area contributed by atoms with Gasteiger partial charge in [-0.05, 0) is 30.7 Å². The van der Waals surface area contributed by atoms with Gasteiger partial charge in [0.2, 0.25) is 0 Å². The second-order valence-electron chi connectivity index (χ2n) is 4.38. The lowest BCUT2D eigenvalue weighted by atomic mass is 10.1. The number of nitrogens with one attached hydrogen (secondary N) is 1. The van der Waals surface area contributed by atoms with Crippen molar-refractivity contribution in [2.24, 2.45) is 0 Å². The monoisotopic (exact) mass is 256 g/mol. The molecule has 1 unspecified atom stereocenters. The van der Waals surface area contributed by atoms with E-state index in [2.05, 4.69) is 21.9 Å². The van der Waals surface area contributed by atoms with E-state index in [1.165, 1.54) is 0 Å². The first-order valence-corrected chi connectivity index (χ1v) is 6.22. The van der Waals surface area contributed by atoms with Crippen molar-refractivity contribution in [2.45, 2.75) is 26.0 Å². The van der Waals surface area contributed by atoms with Crippen LogP contribution in [0, 0.1) is 0 Å². The smallest absolute Gasteiger partial charge is 0.387 e. The Labute approximate surface area is 106 Å². The molecule has 1 saturated heterocycles. The van der Waals surface area contributed by atoms with Crippen molar-refractivity contribution in [1.29, 1.82) is 0 Å². The number of benzene rings is 1. The molecular weight excluding hydrogens is 238 g/mol. The van der Waals surface area contributed by atoms with E-state index in [9.17, 15) is 8.78 Å². The summed E-state index contributed by atoms with van der Waals surface area (Å²) >= 11 is 0. The topological polar surface area (TPSA) is 24.5 Å². The van der Waals surface area contributed by atoms with E-state index in [1.807, 2.05) is 12.1 Å². The second kappa shape index (κ2) is 6.00. The van der Waals surface area contributed by atoms with Gasteiger partial charge in [-0.25, -0.2) is 0 Å². The van der Waals surface area contributed by atoms with Crippen LogP contribution in [0.15, 0.2) is 24.3 Å². The van der Waals surface area contributed by atoms with Gasteiger partial charge in [0.05, 0.1) is 0 Å². The third-order valence-electron chi connectivity index (χ3n) is 3.18. The number of halogens is 2. The minimum Gasteiger partial charge on any atom is -0.435 e. The Hall–Kier alpha value is -1.36. The number of anilines is 1. The molecule has 1 atom stereocenters. The minimum absolute atomic E-state index is 0.205. The number of ether oxygens (including phenoxy) is 1. The van der Waals surface area contributed by atoms with Crippen LogP contribution >= 0.6 is 0 Å². The van der Waals surface area contributed by atoms with Crippen molar-refractivity contribution in [3.63, 3.8) is 0 Å². The van der Waals surface area contributed by atoms with Crippen LogP contribution in [0.1, 0.15) is 13.3 Å². The molecule has 0 amide bonds. The highest BCUT2D eigenvalue weighted by Crippen LogP contribution is 2.22. The van der Waals surface area contributed by atoms with Crippen molar-refractivity contribution in [3.8, 4) is 5.75 Å². The lowest BCUT2D eigenvalue weighted by Gasteiger charge is -2.35. The van der Waals surface area contributed by atoms with Gasteiger partial charge in [0.25, 0.3) is 0 Å². The number of alkyl halides is 2. The van der Waals surface area contributed by atoms with E-state index in [0.29, 0.717) is 6.04 Å². The molecule has 1 aliphatic heterocycles. The fourth-order valence-electron chi connectivity index (χ4n) is 2.17. The van der Waals surface area contributed by atoms with E-state index < -0.39 is 6.61 Å². The molecule has 0 spiro atoms. The standard InChI is InChI=1S/C13H18F2N2O/c1-2-10-9-17(8-7-16-10)11-3-5-12(6-4-11)18-13(14)15/h3-6,10,13,16H,2,7-9H2,1H3. The highest BCUT2D eigenvalue weighted by molar-refractivity contribution is 5.49. The summed E-state index contributed by atoms with van der Waals surface area (Å²) in [5.41, 5.74) is 1.05. The van der Waals surface area contributed by atoms with Crippen LogP contribution < -0.4 is 15.0 Å². The van der Waals surface area contributed by atoms with Gasteiger partial charge >= 0.3 is 6.61 Å². The summed E-state index contributed by atoms with van der Waals surface area (Å²) in [6, 6.07) is 7.33. The molecule has 0 radical (unpaired) electrons. The number of rotatable bonds is 4. The SMILES string of the molecule is CCC1CN(c2ccc(OC(F)F)cc2)CCN1. The first kappa shape index (κ1) is 13.1. The maximum atomic E-state index is 12.0. The molecule has 1 N–H and O–H groups in total. The van der Waals surface area contributed by atoms with Crippen molar-refractivity contribution < 1.29 is 13.5 Å². The van der Waals surface area contributed by atoms with Crippen LogP contribution in [0.2, 0.25) is 0 Å². The molecule has 0 bridgehead atoms. The van der Waals surface area contributed by atoms with Crippen LogP contribution in [0.5, 0.6) is 5.75 Å². The summed E-state index contributed by atoms with van der Waals surface area (Å²) in [6.45, 7) is 2.23. The number of hydrogen-bond acceptors (Lipinski definition) is 3. The molecule has 1 aliphatic rings. The predicted molar refractivity (Wildman–Crippen MR) is 67.4 cm³/mol. The average molecular weight is 256 g/mol. The third-order valence-corrected chi connectivity index (χ3v) is 3.18. The molecule has 1 aromatic carbocycles. The molecule has 2 rings (SSSR count). The number of piperazine rings is 1. The van der Waals surface area contributed by atoms with E-state index in [0.717, 1.165) is 31.7 Å². The van der Waals surface area contributed by atoms with Crippen molar-refractivity contribution in [1.82, 2.24) is 5.32 Å². The van der Waals surface area contributed by atoms with Crippen molar-refractivity contribution in [3.05, 3.63) is 24.3 Å². The van der Waals surface area contributed by atoms with Gasteiger partial charge in [0, 0.05) is 31.4 Å². The summed E-state index contributed by atoms with van der Waals surface area (Å²) in [5.74, 6) is 0.205. The lowest BCUT2D eigenvalue weighted by molar-refractivity contribution is -0.0498. The Morgan fingerprint density at radius 2 is 2.11 bits per heavy atom. The molecule has 100 valence electrons. The Bertz CT molecular complexity index is 370. The second-order valence-corrected chi connectivity index (χ2v) is 4.38. The molecule has 0 aromatic heterocycles. The zero-order valence-corrected chi connectivity index (χ0v) is 10.4. The first-order chi connectivity index (χ1) is 8.69.